The monoisotopic (exact) mass is 306 g/mol. The first-order chi connectivity index (χ1) is 10.5. The molecule has 1 aromatic rings. The van der Waals surface area contributed by atoms with Crippen molar-refractivity contribution in [1.82, 2.24) is 4.90 Å². The molecule has 1 N–H and O–H groups in total. The molecule has 1 heterocycles. The summed E-state index contributed by atoms with van der Waals surface area (Å²) in [5, 5.41) is 2.94. The molecular weight excluding hydrogens is 280 g/mol. The highest BCUT2D eigenvalue weighted by molar-refractivity contribution is 5.93. The van der Waals surface area contributed by atoms with Crippen LogP contribution in [0.3, 0.4) is 0 Å². The van der Waals surface area contributed by atoms with E-state index in [-0.39, 0.29) is 5.91 Å². The average Bonchev–Trinajstić information content (AvgIpc) is 2.51. The van der Waals surface area contributed by atoms with Crippen LogP contribution in [0.4, 0.5) is 5.69 Å². The number of hydrogen-bond donors (Lipinski definition) is 1. The van der Waals surface area contributed by atoms with Crippen molar-refractivity contribution in [3.8, 4) is 11.5 Å². The third-order valence-corrected chi connectivity index (χ3v) is 4.39. The van der Waals surface area contributed by atoms with E-state index in [0.717, 1.165) is 12.8 Å². The lowest BCUT2D eigenvalue weighted by atomic mass is 9.97. The average molecular weight is 306 g/mol. The Bertz CT molecular complexity index is 509. The van der Waals surface area contributed by atoms with Crippen LogP contribution in [0.1, 0.15) is 33.1 Å². The van der Waals surface area contributed by atoms with Crippen LogP contribution in [0.2, 0.25) is 0 Å². The molecule has 2 rings (SSSR count). The Hall–Kier alpha value is -1.75. The van der Waals surface area contributed by atoms with Gasteiger partial charge in [-0.25, -0.2) is 0 Å². The zero-order chi connectivity index (χ0) is 16.1. The molecule has 0 radical (unpaired) electrons. The van der Waals surface area contributed by atoms with E-state index in [1.54, 1.807) is 26.4 Å². The summed E-state index contributed by atoms with van der Waals surface area (Å²) in [6, 6.07) is 6.28. The second-order valence-electron chi connectivity index (χ2n) is 5.92. The van der Waals surface area contributed by atoms with E-state index < -0.39 is 0 Å². The Balaban J connectivity index is 2.02. The molecule has 1 saturated heterocycles. The van der Waals surface area contributed by atoms with Crippen molar-refractivity contribution < 1.29 is 14.3 Å². The normalized spacial score (nSPS) is 22.2. The molecule has 22 heavy (non-hydrogen) atoms. The molecule has 2 atom stereocenters. The molecule has 0 bridgehead atoms. The minimum absolute atomic E-state index is 0.0101. The lowest BCUT2D eigenvalue weighted by Gasteiger charge is -2.38. The van der Waals surface area contributed by atoms with Crippen LogP contribution in [-0.4, -0.2) is 43.7 Å². The molecule has 0 saturated carbocycles. The summed E-state index contributed by atoms with van der Waals surface area (Å²) in [7, 11) is 3.19. The van der Waals surface area contributed by atoms with Gasteiger partial charge in [0.25, 0.3) is 0 Å². The number of nitrogens with zero attached hydrogens (tertiary/aromatic N) is 1. The van der Waals surface area contributed by atoms with Gasteiger partial charge < -0.3 is 14.8 Å². The fourth-order valence-corrected chi connectivity index (χ4v) is 3.04. The van der Waals surface area contributed by atoms with Gasteiger partial charge >= 0.3 is 0 Å². The smallest absolute Gasteiger partial charge is 0.238 e. The molecule has 1 aliphatic rings. The number of carbonyl (C=O) groups is 1. The Kier molecular flexibility index (Phi) is 5.66. The molecule has 1 fully saturated rings. The second-order valence-corrected chi connectivity index (χ2v) is 5.92. The van der Waals surface area contributed by atoms with Crippen LogP contribution in [-0.2, 0) is 4.79 Å². The summed E-state index contributed by atoms with van der Waals surface area (Å²) in [4.78, 5) is 14.6. The lowest BCUT2D eigenvalue weighted by molar-refractivity contribution is -0.118. The zero-order valence-electron chi connectivity index (χ0n) is 13.9. The maximum absolute atomic E-state index is 12.4. The van der Waals surface area contributed by atoms with Gasteiger partial charge in [-0.05, 0) is 38.8 Å². The fraction of sp³-hybridized carbons (Fsp3) is 0.588. The SMILES string of the molecule is COc1ccc(NC(=O)CN2C(C)CCCC2C)c(OC)c1. The number of hydrogen-bond acceptors (Lipinski definition) is 4. The van der Waals surface area contributed by atoms with E-state index in [2.05, 4.69) is 24.1 Å². The molecule has 1 amide bonds. The van der Waals surface area contributed by atoms with Crippen LogP contribution < -0.4 is 14.8 Å². The van der Waals surface area contributed by atoms with Crippen molar-refractivity contribution in [2.45, 2.75) is 45.2 Å². The third-order valence-electron chi connectivity index (χ3n) is 4.39. The number of piperidine rings is 1. The molecule has 1 aliphatic heterocycles. The number of ether oxygens (including phenoxy) is 2. The minimum atomic E-state index is -0.0101. The van der Waals surface area contributed by atoms with Gasteiger partial charge in [-0.2, -0.15) is 0 Å². The lowest BCUT2D eigenvalue weighted by Crippen LogP contribution is -2.47. The number of benzene rings is 1. The van der Waals surface area contributed by atoms with Crippen molar-refractivity contribution >= 4 is 11.6 Å². The highest BCUT2D eigenvalue weighted by Gasteiger charge is 2.26. The zero-order valence-corrected chi connectivity index (χ0v) is 13.9. The summed E-state index contributed by atoms with van der Waals surface area (Å²) in [5.74, 6) is 1.30. The predicted octanol–water partition coefficient (Wildman–Crippen LogP) is 2.91. The van der Waals surface area contributed by atoms with Crippen LogP contribution >= 0.6 is 0 Å². The van der Waals surface area contributed by atoms with E-state index in [1.807, 2.05) is 6.07 Å². The molecule has 1 aromatic carbocycles. The Morgan fingerprint density at radius 2 is 1.91 bits per heavy atom. The molecule has 0 aliphatic carbocycles. The Morgan fingerprint density at radius 1 is 1.23 bits per heavy atom. The third kappa shape index (κ3) is 3.91. The van der Waals surface area contributed by atoms with E-state index in [0.29, 0.717) is 35.8 Å². The standard InChI is InChI=1S/C17H26N2O3/c1-12-6-5-7-13(2)19(12)11-17(20)18-15-9-8-14(21-3)10-16(15)22-4/h8-10,12-13H,5-7,11H2,1-4H3,(H,18,20). The number of amides is 1. The van der Waals surface area contributed by atoms with Gasteiger partial charge in [0.1, 0.15) is 11.5 Å². The van der Waals surface area contributed by atoms with Crippen LogP contribution in [0.25, 0.3) is 0 Å². The molecule has 5 heteroatoms. The van der Waals surface area contributed by atoms with Crippen molar-refractivity contribution in [2.75, 3.05) is 26.1 Å². The van der Waals surface area contributed by atoms with E-state index in [9.17, 15) is 4.79 Å². The highest BCUT2D eigenvalue weighted by atomic mass is 16.5. The summed E-state index contributed by atoms with van der Waals surface area (Å²) in [6.07, 6.45) is 3.56. The number of carbonyl (C=O) groups excluding carboxylic acids is 1. The van der Waals surface area contributed by atoms with Crippen LogP contribution in [0.15, 0.2) is 18.2 Å². The van der Waals surface area contributed by atoms with Crippen LogP contribution in [0, 0.1) is 0 Å². The van der Waals surface area contributed by atoms with Gasteiger partial charge in [-0.1, -0.05) is 6.42 Å². The quantitative estimate of drug-likeness (QED) is 0.909. The molecule has 2 unspecified atom stereocenters. The maximum atomic E-state index is 12.4. The van der Waals surface area contributed by atoms with E-state index >= 15 is 0 Å². The van der Waals surface area contributed by atoms with E-state index in [1.165, 1.54) is 6.42 Å². The van der Waals surface area contributed by atoms with Crippen molar-refractivity contribution in [3.63, 3.8) is 0 Å². The Labute approximate surface area is 132 Å². The van der Waals surface area contributed by atoms with Crippen molar-refractivity contribution in [3.05, 3.63) is 18.2 Å². The summed E-state index contributed by atoms with van der Waals surface area (Å²) in [5.41, 5.74) is 0.672. The topological polar surface area (TPSA) is 50.8 Å². The van der Waals surface area contributed by atoms with Crippen LogP contribution in [0.5, 0.6) is 11.5 Å². The second kappa shape index (κ2) is 7.49. The Morgan fingerprint density at radius 3 is 2.50 bits per heavy atom. The largest absolute Gasteiger partial charge is 0.497 e. The van der Waals surface area contributed by atoms with Crippen molar-refractivity contribution in [2.24, 2.45) is 0 Å². The molecular formula is C17H26N2O3. The first-order valence-electron chi connectivity index (χ1n) is 7.82. The van der Waals surface area contributed by atoms with Gasteiger partial charge in [0, 0.05) is 18.2 Å². The number of anilines is 1. The van der Waals surface area contributed by atoms with Gasteiger partial charge in [-0.3, -0.25) is 9.69 Å². The highest BCUT2D eigenvalue weighted by Crippen LogP contribution is 2.29. The van der Waals surface area contributed by atoms with Crippen molar-refractivity contribution in [1.29, 1.82) is 0 Å². The summed E-state index contributed by atoms with van der Waals surface area (Å²) >= 11 is 0. The van der Waals surface area contributed by atoms with E-state index in [4.69, 9.17) is 9.47 Å². The maximum Gasteiger partial charge on any atom is 0.238 e. The van der Waals surface area contributed by atoms with Gasteiger partial charge in [-0.15, -0.1) is 0 Å². The number of methoxy groups -OCH3 is 2. The molecule has 0 spiro atoms. The van der Waals surface area contributed by atoms with Gasteiger partial charge in [0.2, 0.25) is 5.91 Å². The van der Waals surface area contributed by atoms with Gasteiger partial charge in [0.15, 0.2) is 0 Å². The first-order valence-corrected chi connectivity index (χ1v) is 7.82. The first kappa shape index (κ1) is 16.6. The summed E-state index contributed by atoms with van der Waals surface area (Å²) < 4.78 is 10.5. The molecule has 122 valence electrons. The number of rotatable bonds is 5. The number of nitrogens with one attached hydrogen (secondary N) is 1. The predicted molar refractivity (Wildman–Crippen MR) is 87.7 cm³/mol. The molecule has 5 nitrogen and oxygen atoms in total. The molecule has 0 aromatic heterocycles. The number of likely N-dealkylation sites (tertiary alicyclic amines) is 1. The minimum Gasteiger partial charge on any atom is -0.497 e. The summed E-state index contributed by atoms with van der Waals surface area (Å²) in [6.45, 7) is 4.80. The fourth-order valence-electron chi connectivity index (χ4n) is 3.04. The van der Waals surface area contributed by atoms with Gasteiger partial charge in [0.05, 0.1) is 26.5 Å².